The summed E-state index contributed by atoms with van der Waals surface area (Å²) in [6, 6.07) is 0. The summed E-state index contributed by atoms with van der Waals surface area (Å²) in [6.07, 6.45) is 0.596. The number of primary sulfonamides is 1. The van der Waals surface area contributed by atoms with E-state index in [0.29, 0.717) is 6.42 Å². The maximum absolute atomic E-state index is 10.0. The van der Waals surface area contributed by atoms with E-state index in [1.165, 1.54) is 0 Å². The Bertz CT molecular complexity index is 188. The molecule has 80 valence electrons. The number of sulfonamides is 1. The van der Waals surface area contributed by atoms with E-state index in [-0.39, 0.29) is 5.75 Å². The smallest absolute Gasteiger partial charge is 0.209 e. The van der Waals surface area contributed by atoms with Gasteiger partial charge in [-0.2, -0.15) is 0 Å². The molecule has 1 aliphatic heterocycles. The Labute approximate surface area is 79.7 Å². The Balaban J connectivity index is 0.000000223. The molecular weight excluding hydrogens is 192 g/mol. The van der Waals surface area contributed by atoms with Gasteiger partial charge in [-0.15, -0.1) is 0 Å². The van der Waals surface area contributed by atoms with Crippen LogP contribution in [-0.4, -0.2) is 40.5 Å². The number of hydrogen-bond acceptors (Lipinski definition) is 4. The SMILES string of the molecule is C1COCCN1.CCCS(N)(=O)=O. The fraction of sp³-hybridized carbons (Fsp3) is 1.00. The highest BCUT2D eigenvalue weighted by Gasteiger charge is 1.95. The van der Waals surface area contributed by atoms with Gasteiger partial charge < -0.3 is 10.1 Å². The molecule has 1 rings (SSSR count). The van der Waals surface area contributed by atoms with E-state index in [1.807, 2.05) is 0 Å². The van der Waals surface area contributed by atoms with Crippen LogP contribution in [0.3, 0.4) is 0 Å². The van der Waals surface area contributed by atoms with E-state index in [0.717, 1.165) is 26.3 Å². The molecule has 0 unspecified atom stereocenters. The second-order valence-electron chi connectivity index (χ2n) is 2.73. The minimum absolute atomic E-state index is 0.0903. The molecule has 0 aromatic carbocycles. The van der Waals surface area contributed by atoms with Crippen molar-refractivity contribution in [2.75, 3.05) is 32.1 Å². The van der Waals surface area contributed by atoms with Crippen LogP contribution in [-0.2, 0) is 14.8 Å². The maximum Gasteiger partial charge on any atom is 0.209 e. The van der Waals surface area contributed by atoms with Crippen LogP contribution in [0.5, 0.6) is 0 Å². The summed E-state index contributed by atoms with van der Waals surface area (Å²) < 4.78 is 25.0. The van der Waals surface area contributed by atoms with Crippen molar-refractivity contribution in [2.45, 2.75) is 13.3 Å². The predicted molar refractivity (Wildman–Crippen MR) is 52.0 cm³/mol. The molecule has 0 radical (unpaired) electrons. The molecule has 1 aliphatic rings. The topological polar surface area (TPSA) is 81.4 Å². The lowest BCUT2D eigenvalue weighted by molar-refractivity contribution is 0.109. The highest BCUT2D eigenvalue weighted by molar-refractivity contribution is 7.89. The molecule has 0 aromatic rings. The molecule has 1 heterocycles. The van der Waals surface area contributed by atoms with Gasteiger partial charge in [0, 0.05) is 13.1 Å². The molecule has 1 saturated heterocycles. The van der Waals surface area contributed by atoms with Crippen LogP contribution in [0.25, 0.3) is 0 Å². The average Bonchev–Trinajstić information content (AvgIpc) is 2.06. The van der Waals surface area contributed by atoms with Crippen molar-refractivity contribution in [2.24, 2.45) is 5.14 Å². The largest absolute Gasteiger partial charge is 0.379 e. The summed E-state index contributed by atoms with van der Waals surface area (Å²) in [4.78, 5) is 0. The Morgan fingerprint density at radius 2 is 1.92 bits per heavy atom. The Morgan fingerprint density at radius 3 is 2.00 bits per heavy atom. The van der Waals surface area contributed by atoms with E-state index in [9.17, 15) is 8.42 Å². The Morgan fingerprint density at radius 1 is 1.38 bits per heavy atom. The molecule has 0 atom stereocenters. The van der Waals surface area contributed by atoms with Gasteiger partial charge in [-0.05, 0) is 6.42 Å². The number of rotatable bonds is 2. The van der Waals surface area contributed by atoms with Crippen LogP contribution >= 0.6 is 0 Å². The van der Waals surface area contributed by atoms with Gasteiger partial charge in [-0.1, -0.05) is 6.92 Å². The van der Waals surface area contributed by atoms with E-state index < -0.39 is 10.0 Å². The molecule has 0 saturated carbocycles. The van der Waals surface area contributed by atoms with Crippen LogP contribution < -0.4 is 10.5 Å². The molecule has 5 nitrogen and oxygen atoms in total. The van der Waals surface area contributed by atoms with Crippen molar-refractivity contribution in [1.82, 2.24) is 5.32 Å². The molecule has 0 aromatic heterocycles. The second-order valence-corrected chi connectivity index (χ2v) is 4.46. The fourth-order valence-electron chi connectivity index (χ4n) is 0.800. The molecule has 13 heavy (non-hydrogen) atoms. The highest BCUT2D eigenvalue weighted by Crippen LogP contribution is 1.80. The lowest BCUT2D eigenvalue weighted by atomic mass is 10.5. The first-order valence-electron chi connectivity index (χ1n) is 4.35. The number of nitrogens with two attached hydrogens (primary N) is 1. The summed E-state index contributed by atoms with van der Waals surface area (Å²) in [5.74, 6) is 0.0903. The highest BCUT2D eigenvalue weighted by atomic mass is 32.2. The molecule has 0 spiro atoms. The summed E-state index contributed by atoms with van der Waals surface area (Å²) in [6.45, 7) is 5.60. The summed E-state index contributed by atoms with van der Waals surface area (Å²) >= 11 is 0. The van der Waals surface area contributed by atoms with Crippen molar-refractivity contribution >= 4 is 10.0 Å². The summed E-state index contributed by atoms with van der Waals surface area (Å²) in [5.41, 5.74) is 0. The minimum atomic E-state index is -3.17. The van der Waals surface area contributed by atoms with Gasteiger partial charge in [0.2, 0.25) is 10.0 Å². The van der Waals surface area contributed by atoms with Gasteiger partial charge in [0.25, 0.3) is 0 Å². The van der Waals surface area contributed by atoms with Gasteiger partial charge in [-0.3, -0.25) is 0 Å². The molecule has 1 fully saturated rings. The van der Waals surface area contributed by atoms with E-state index >= 15 is 0 Å². The van der Waals surface area contributed by atoms with Crippen molar-refractivity contribution in [3.8, 4) is 0 Å². The zero-order valence-corrected chi connectivity index (χ0v) is 8.77. The maximum atomic E-state index is 10.0. The first-order valence-corrected chi connectivity index (χ1v) is 6.06. The van der Waals surface area contributed by atoms with Gasteiger partial charge >= 0.3 is 0 Å². The molecule has 6 heteroatoms. The second kappa shape index (κ2) is 7.25. The lowest BCUT2D eigenvalue weighted by Crippen LogP contribution is -2.30. The zero-order valence-electron chi connectivity index (χ0n) is 7.95. The third-order valence-corrected chi connectivity index (χ3v) is 2.31. The van der Waals surface area contributed by atoms with Crippen molar-refractivity contribution < 1.29 is 13.2 Å². The third kappa shape index (κ3) is 11.8. The number of nitrogens with one attached hydrogen (secondary N) is 1. The Hall–Kier alpha value is -0.170. The van der Waals surface area contributed by atoms with E-state index in [2.05, 4.69) is 10.5 Å². The Kier molecular flexibility index (Phi) is 7.16. The number of morpholine rings is 1. The molecule has 0 aliphatic carbocycles. The fourth-order valence-corrected chi connectivity index (χ4v) is 1.37. The minimum Gasteiger partial charge on any atom is -0.379 e. The normalized spacial score (nSPS) is 17.4. The van der Waals surface area contributed by atoms with Crippen molar-refractivity contribution in [3.63, 3.8) is 0 Å². The quantitative estimate of drug-likeness (QED) is 0.631. The number of ether oxygens (including phenoxy) is 1. The molecule has 3 N–H and O–H groups in total. The standard InChI is InChI=1S/C4H9NO.C3H9NO2S/c1-3-6-4-2-5-1;1-2-3-7(4,5)6/h5H,1-4H2;2-3H2,1H3,(H2,4,5,6). The van der Waals surface area contributed by atoms with E-state index in [1.54, 1.807) is 6.92 Å². The zero-order chi connectivity index (χ0) is 10.2. The van der Waals surface area contributed by atoms with Gasteiger partial charge in [0.15, 0.2) is 0 Å². The van der Waals surface area contributed by atoms with Gasteiger partial charge in [-0.25, -0.2) is 13.6 Å². The van der Waals surface area contributed by atoms with Crippen LogP contribution in [0.2, 0.25) is 0 Å². The van der Waals surface area contributed by atoms with E-state index in [4.69, 9.17) is 4.74 Å². The van der Waals surface area contributed by atoms with Crippen LogP contribution in [0.1, 0.15) is 13.3 Å². The molecule has 0 amide bonds. The van der Waals surface area contributed by atoms with Gasteiger partial charge in [0.1, 0.15) is 0 Å². The molecular formula is C7H18N2O3S. The first-order chi connectivity index (χ1) is 6.06. The third-order valence-electron chi connectivity index (χ3n) is 1.33. The predicted octanol–water partition coefficient (Wildman–Crippen LogP) is -0.709. The average molecular weight is 210 g/mol. The number of hydrogen-bond donors (Lipinski definition) is 2. The van der Waals surface area contributed by atoms with Gasteiger partial charge in [0.05, 0.1) is 19.0 Å². The lowest BCUT2D eigenvalue weighted by Gasteiger charge is -2.10. The van der Waals surface area contributed by atoms with Crippen LogP contribution in [0.15, 0.2) is 0 Å². The monoisotopic (exact) mass is 210 g/mol. The van der Waals surface area contributed by atoms with Crippen molar-refractivity contribution in [1.29, 1.82) is 0 Å². The van der Waals surface area contributed by atoms with Crippen LogP contribution in [0.4, 0.5) is 0 Å². The summed E-state index contributed by atoms with van der Waals surface area (Å²) in [5, 5.41) is 7.78. The molecule has 0 bridgehead atoms. The van der Waals surface area contributed by atoms with Crippen LogP contribution in [0, 0.1) is 0 Å². The van der Waals surface area contributed by atoms with Crippen molar-refractivity contribution in [3.05, 3.63) is 0 Å². The first kappa shape index (κ1) is 12.8. The summed E-state index contributed by atoms with van der Waals surface area (Å²) in [7, 11) is -3.17.